The van der Waals surface area contributed by atoms with E-state index in [1.807, 2.05) is 42.5 Å². The lowest BCUT2D eigenvalue weighted by Crippen LogP contribution is -2.48. The van der Waals surface area contributed by atoms with E-state index < -0.39 is 0 Å². The smallest absolute Gasteiger partial charge is 0.227 e. The van der Waals surface area contributed by atoms with Crippen LogP contribution in [0.5, 0.6) is 5.75 Å². The Labute approximate surface area is 183 Å². The first-order chi connectivity index (χ1) is 15.1. The Kier molecular flexibility index (Phi) is 6.72. The van der Waals surface area contributed by atoms with Crippen molar-refractivity contribution in [1.29, 1.82) is 0 Å². The average molecular weight is 423 g/mol. The molecule has 31 heavy (non-hydrogen) atoms. The first-order valence-corrected chi connectivity index (χ1v) is 10.9. The summed E-state index contributed by atoms with van der Waals surface area (Å²) in [5.41, 5.74) is 2.07. The Morgan fingerprint density at radius 1 is 1.00 bits per heavy atom. The molecule has 2 saturated heterocycles. The van der Waals surface area contributed by atoms with Crippen molar-refractivity contribution in [2.75, 3.05) is 62.7 Å². The molecule has 7 nitrogen and oxygen atoms in total. The summed E-state index contributed by atoms with van der Waals surface area (Å²) in [4.78, 5) is 31.3. The van der Waals surface area contributed by atoms with E-state index >= 15 is 0 Å². The fourth-order valence-electron chi connectivity index (χ4n) is 4.24. The largest absolute Gasteiger partial charge is 0.497 e. The van der Waals surface area contributed by atoms with E-state index in [-0.39, 0.29) is 24.2 Å². The number of nitrogens with one attached hydrogen (secondary N) is 1. The molecule has 164 valence electrons. The molecule has 2 amide bonds. The van der Waals surface area contributed by atoms with Gasteiger partial charge in [0.2, 0.25) is 11.8 Å². The zero-order valence-corrected chi connectivity index (χ0v) is 18.0. The molecular formula is C24H30N4O3. The fourth-order valence-corrected chi connectivity index (χ4v) is 4.24. The van der Waals surface area contributed by atoms with E-state index in [4.69, 9.17) is 4.74 Å². The number of nitrogens with zero attached hydrogens (tertiary/aromatic N) is 3. The van der Waals surface area contributed by atoms with Crippen LogP contribution in [0.2, 0.25) is 0 Å². The van der Waals surface area contributed by atoms with Crippen molar-refractivity contribution in [3.63, 3.8) is 0 Å². The molecule has 0 aromatic heterocycles. The van der Waals surface area contributed by atoms with Crippen LogP contribution < -0.4 is 19.9 Å². The average Bonchev–Trinajstić information content (AvgIpc) is 3.22. The summed E-state index contributed by atoms with van der Waals surface area (Å²) in [7, 11) is 1.68. The van der Waals surface area contributed by atoms with Gasteiger partial charge in [-0.1, -0.05) is 18.2 Å². The summed E-state index contributed by atoms with van der Waals surface area (Å²) in [6.45, 7) is 5.74. The Hall–Kier alpha value is -3.06. The van der Waals surface area contributed by atoms with Crippen LogP contribution >= 0.6 is 0 Å². The number of piperazine rings is 1. The van der Waals surface area contributed by atoms with Crippen molar-refractivity contribution >= 4 is 23.2 Å². The van der Waals surface area contributed by atoms with Crippen molar-refractivity contribution < 1.29 is 14.3 Å². The lowest BCUT2D eigenvalue weighted by Gasteiger charge is -2.36. The zero-order valence-electron chi connectivity index (χ0n) is 18.0. The van der Waals surface area contributed by atoms with Crippen molar-refractivity contribution in [3.8, 4) is 5.75 Å². The molecule has 2 aromatic carbocycles. The fraction of sp³-hybridized carbons (Fsp3) is 0.417. The first-order valence-electron chi connectivity index (χ1n) is 10.9. The van der Waals surface area contributed by atoms with E-state index in [0.717, 1.165) is 44.2 Å². The summed E-state index contributed by atoms with van der Waals surface area (Å²) >= 11 is 0. The third-order valence-electron chi connectivity index (χ3n) is 6.10. The lowest BCUT2D eigenvalue weighted by atomic mass is 10.1. The minimum Gasteiger partial charge on any atom is -0.497 e. The highest BCUT2D eigenvalue weighted by atomic mass is 16.5. The summed E-state index contributed by atoms with van der Waals surface area (Å²) in [6, 6.07) is 17.7. The second-order valence-electron chi connectivity index (χ2n) is 8.06. The van der Waals surface area contributed by atoms with Crippen molar-refractivity contribution in [3.05, 3.63) is 54.6 Å². The van der Waals surface area contributed by atoms with E-state index in [1.54, 1.807) is 12.0 Å². The monoisotopic (exact) mass is 422 g/mol. The molecule has 2 fully saturated rings. The summed E-state index contributed by atoms with van der Waals surface area (Å²) in [6.07, 6.45) is 0.279. The second kappa shape index (κ2) is 9.83. The van der Waals surface area contributed by atoms with Gasteiger partial charge in [-0.15, -0.1) is 0 Å². The number of anilines is 2. The van der Waals surface area contributed by atoms with Gasteiger partial charge in [-0.05, 0) is 36.4 Å². The van der Waals surface area contributed by atoms with E-state index in [9.17, 15) is 9.59 Å². The highest BCUT2D eigenvalue weighted by Crippen LogP contribution is 2.25. The molecule has 0 spiro atoms. The van der Waals surface area contributed by atoms with Gasteiger partial charge in [-0.25, -0.2) is 0 Å². The summed E-state index contributed by atoms with van der Waals surface area (Å²) in [5.74, 6) is 0.582. The van der Waals surface area contributed by atoms with Crippen LogP contribution in [0.25, 0.3) is 0 Å². The summed E-state index contributed by atoms with van der Waals surface area (Å²) < 4.78 is 5.23. The molecule has 1 unspecified atom stereocenters. The van der Waals surface area contributed by atoms with Gasteiger partial charge in [0.05, 0.1) is 13.0 Å². The normalized spacial score (nSPS) is 19.5. The van der Waals surface area contributed by atoms with Crippen LogP contribution in [0.15, 0.2) is 54.6 Å². The van der Waals surface area contributed by atoms with Gasteiger partial charge >= 0.3 is 0 Å². The van der Waals surface area contributed by atoms with Gasteiger partial charge < -0.3 is 19.9 Å². The number of carbonyl (C=O) groups excluding carboxylic acids is 2. The van der Waals surface area contributed by atoms with Crippen LogP contribution in [0.4, 0.5) is 11.4 Å². The lowest BCUT2D eigenvalue weighted by molar-refractivity contribution is -0.126. The third-order valence-corrected chi connectivity index (χ3v) is 6.10. The molecule has 1 atom stereocenters. The highest BCUT2D eigenvalue weighted by molar-refractivity contribution is 6.00. The molecule has 0 aliphatic carbocycles. The van der Waals surface area contributed by atoms with Gasteiger partial charge in [0.15, 0.2) is 0 Å². The maximum Gasteiger partial charge on any atom is 0.227 e. The predicted molar refractivity (Wildman–Crippen MR) is 122 cm³/mol. The molecular weight excluding hydrogens is 392 g/mol. The van der Waals surface area contributed by atoms with E-state index in [1.165, 1.54) is 5.69 Å². The maximum atomic E-state index is 12.6. The number of amides is 2. The number of para-hydroxylation sites is 1. The maximum absolute atomic E-state index is 12.6. The Bertz CT molecular complexity index is 879. The molecule has 2 aliphatic heterocycles. The van der Waals surface area contributed by atoms with Crippen LogP contribution in [0.1, 0.15) is 6.42 Å². The molecule has 7 heteroatoms. The number of carbonyl (C=O) groups is 2. The van der Waals surface area contributed by atoms with Gasteiger partial charge in [0.25, 0.3) is 0 Å². The molecule has 0 bridgehead atoms. The molecule has 0 radical (unpaired) electrons. The van der Waals surface area contributed by atoms with E-state index in [2.05, 4.69) is 27.2 Å². The van der Waals surface area contributed by atoms with Crippen molar-refractivity contribution in [1.82, 2.24) is 10.2 Å². The minimum absolute atomic E-state index is 0.0148. The Morgan fingerprint density at radius 3 is 2.39 bits per heavy atom. The predicted octanol–water partition coefficient (Wildman–Crippen LogP) is 1.99. The zero-order chi connectivity index (χ0) is 21.6. The highest BCUT2D eigenvalue weighted by Gasteiger charge is 2.34. The van der Waals surface area contributed by atoms with Crippen molar-refractivity contribution in [2.24, 2.45) is 5.92 Å². The Morgan fingerprint density at radius 2 is 1.71 bits per heavy atom. The minimum atomic E-state index is -0.278. The third kappa shape index (κ3) is 5.17. The summed E-state index contributed by atoms with van der Waals surface area (Å²) in [5, 5.41) is 3.03. The molecule has 2 aliphatic rings. The number of ether oxygens (including phenoxy) is 1. The molecule has 1 N–H and O–H groups in total. The number of benzene rings is 2. The van der Waals surface area contributed by atoms with Gasteiger partial charge in [0, 0.05) is 63.6 Å². The standard InChI is InChI=1S/C24H30N4O3/c1-31-22-9-7-20(8-10-22)27-15-13-26(14-16-27)12-11-25-24(30)19-17-23(29)28(18-19)21-5-3-2-4-6-21/h2-10,19H,11-18H2,1H3,(H,25,30). The van der Waals surface area contributed by atoms with Crippen LogP contribution in [-0.4, -0.2) is 69.6 Å². The molecule has 2 heterocycles. The number of rotatable bonds is 7. The SMILES string of the molecule is COc1ccc(N2CCN(CCNC(=O)C3CC(=O)N(c4ccccc4)C3)CC2)cc1. The van der Waals surface area contributed by atoms with Crippen LogP contribution in [0, 0.1) is 5.92 Å². The van der Waals surface area contributed by atoms with Gasteiger partial charge in [-0.3, -0.25) is 14.5 Å². The first kappa shape index (κ1) is 21.2. The topological polar surface area (TPSA) is 65.1 Å². The van der Waals surface area contributed by atoms with E-state index in [0.29, 0.717) is 13.1 Å². The molecule has 4 rings (SSSR count). The van der Waals surface area contributed by atoms with Crippen LogP contribution in [0.3, 0.4) is 0 Å². The van der Waals surface area contributed by atoms with Crippen molar-refractivity contribution in [2.45, 2.75) is 6.42 Å². The second-order valence-corrected chi connectivity index (χ2v) is 8.06. The Balaban J connectivity index is 1.18. The quantitative estimate of drug-likeness (QED) is 0.739. The van der Waals surface area contributed by atoms with Gasteiger partial charge in [-0.2, -0.15) is 0 Å². The van der Waals surface area contributed by atoms with Crippen LogP contribution in [-0.2, 0) is 9.59 Å². The molecule has 0 saturated carbocycles. The van der Waals surface area contributed by atoms with Gasteiger partial charge in [0.1, 0.15) is 5.75 Å². The number of hydrogen-bond donors (Lipinski definition) is 1. The molecule has 2 aromatic rings. The number of hydrogen-bond acceptors (Lipinski definition) is 5. The number of methoxy groups -OCH3 is 1.